The lowest BCUT2D eigenvalue weighted by Gasteiger charge is -2.21. The van der Waals surface area contributed by atoms with Gasteiger partial charge in [-0.2, -0.15) is 0 Å². The first-order chi connectivity index (χ1) is 2.94. The predicted octanol–water partition coefficient (Wildman–Crippen LogP) is 1.41. The van der Waals surface area contributed by atoms with E-state index in [0.29, 0.717) is 5.92 Å². The van der Waals surface area contributed by atoms with Crippen molar-refractivity contribution in [1.29, 1.82) is 0 Å². The van der Waals surface area contributed by atoms with E-state index < -0.39 is 5.60 Å². The third kappa shape index (κ3) is 2.63. The highest BCUT2D eigenvalue weighted by molar-refractivity contribution is 4.67. The second kappa shape index (κ2) is 1.83. The first kappa shape index (κ1) is 6.96. The van der Waals surface area contributed by atoms with Gasteiger partial charge in [0.05, 0.1) is 5.60 Å². The van der Waals surface area contributed by atoms with Crippen LogP contribution in [0.15, 0.2) is 0 Å². The van der Waals surface area contributed by atoms with Crippen LogP contribution in [0.4, 0.5) is 0 Å². The Morgan fingerprint density at radius 1 is 1.29 bits per heavy atom. The van der Waals surface area contributed by atoms with Crippen molar-refractivity contribution in [2.24, 2.45) is 5.92 Å². The first-order valence-corrected chi connectivity index (χ1v) is 2.67. The highest BCUT2D eigenvalue weighted by Crippen LogP contribution is 2.12. The standard InChI is InChI=1S/C6H14O/c1-5(2)6(3,4)7/h5,7H,1-4H3/i6+1,7+2. The minimum atomic E-state index is -0.500. The third-order valence-corrected chi connectivity index (χ3v) is 1.41. The Morgan fingerprint density at radius 3 is 1.43 bits per heavy atom. The Kier molecular flexibility index (Phi) is 1.82. The summed E-state index contributed by atoms with van der Waals surface area (Å²) in [6.45, 7) is 7.63. The van der Waals surface area contributed by atoms with Gasteiger partial charge >= 0.3 is 0 Å². The molecule has 0 aliphatic rings. The summed E-state index contributed by atoms with van der Waals surface area (Å²) in [6.07, 6.45) is 0. The van der Waals surface area contributed by atoms with Gasteiger partial charge in [-0.05, 0) is 19.8 Å². The summed E-state index contributed by atoms with van der Waals surface area (Å²) < 4.78 is 0. The van der Waals surface area contributed by atoms with E-state index in [2.05, 4.69) is 0 Å². The number of rotatable bonds is 1. The summed E-state index contributed by atoms with van der Waals surface area (Å²) in [4.78, 5) is 0. The molecule has 1 heteroatoms. The van der Waals surface area contributed by atoms with Gasteiger partial charge < -0.3 is 5.11 Å². The minimum absolute atomic E-state index is 0.354. The molecular weight excluding hydrogens is 91.1 g/mol. The molecule has 0 aliphatic heterocycles. The molecule has 0 saturated heterocycles. The van der Waals surface area contributed by atoms with Crippen LogP contribution >= 0.6 is 0 Å². The van der Waals surface area contributed by atoms with Crippen molar-refractivity contribution in [3.63, 3.8) is 0 Å². The van der Waals surface area contributed by atoms with Gasteiger partial charge in [0.15, 0.2) is 0 Å². The number of aliphatic hydroxyl groups is 1. The normalized spacial score (nSPS) is 12.9. The molecule has 0 aromatic rings. The highest BCUT2D eigenvalue weighted by atomic mass is 18.2. The van der Waals surface area contributed by atoms with Crippen LogP contribution in [0, 0.1) is 5.92 Å². The summed E-state index contributed by atoms with van der Waals surface area (Å²) in [7, 11) is 0. The molecule has 0 fully saturated rings. The van der Waals surface area contributed by atoms with Gasteiger partial charge in [-0.25, -0.2) is 0 Å². The van der Waals surface area contributed by atoms with Gasteiger partial charge in [0, 0.05) is 0 Å². The Morgan fingerprint density at radius 2 is 1.43 bits per heavy atom. The van der Waals surface area contributed by atoms with Gasteiger partial charge in [0.1, 0.15) is 0 Å². The Balaban J connectivity index is 3.54. The average Bonchev–Trinajstić information content (AvgIpc) is 1.31. The van der Waals surface area contributed by atoms with Crippen LogP contribution in [0.3, 0.4) is 0 Å². The molecule has 0 aliphatic carbocycles. The molecule has 0 bridgehead atoms. The zero-order chi connectivity index (χ0) is 6.08. The lowest BCUT2D eigenvalue weighted by Crippen LogP contribution is -2.25. The molecule has 1 nitrogen and oxygen atoms in total. The number of hydrogen-bond acceptors (Lipinski definition) is 1. The van der Waals surface area contributed by atoms with E-state index in [1.807, 2.05) is 27.7 Å². The fourth-order valence-electron chi connectivity index (χ4n) is 0. The first-order valence-electron chi connectivity index (χ1n) is 2.67. The van der Waals surface area contributed by atoms with E-state index in [4.69, 9.17) is 5.11 Å². The van der Waals surface area contributed by atoms with Crippen LogP contribution in [0.5, 0.6) is 0 Å². The molecule has 0 aromatic carbocycles. The van der Waals surface area contributed by atoms with Crippen molar-refractivity contribution in [2.75, 3.05) is 0 Å². The van der Waals surface area contributed by atoms with Crippen molar-refractivity contribution in [2.45, 2.75) is 33.3 Å². The third-order valence-electron chi connectivity index (χ3n) is 1.41. The summed E-state index contributed by atoms with van der Waals surface area (Å²) in [5.74, 6) is 0.354. The molecule has 0 amide bonds. The van der Waals surface area contributed by atoms with Crippen molar-refractivity contribution >= 4 is 0 Å². The van der Waals surface area contributed by atoms with Crippen LogP contribution in [0.25, 0.3) is 0 Å². The van der Waals surface area contributed by atoms with Crippen LogP contribution in [-0.4, -0.2) is 10.7 Å². The zero-order valence-corrected chi connectivity index (χ0v) is 5.52. The fourth-order valence-corrected chi connectivity index (χ4v) is 0. The molecule has 0 atom stereocenters. The monoisotopic (exact) mass is 105 g/mol. The van der Waals surface area contributed by atoms with Gasteiger partial charge in [-0.3, -0.25) is 0 Å². The van der Waals surface area contributed by atoms with Crippen LogP contribution < -0.4 is 0 Å². The second-order valence-electron chi connectivity index (χ2n) is 2.81. The van der Waals surface area contributed by atoms with Crippen LogP contribution in [-0.2, 0) is 0 Å². The Hall–Kier alpha value is -0.0400. The molecule has 0 unspecified atom stereocenters. The van der Waals surface area contributed by atoms with Gasteiger partial charge in [0.2, 0.25) is 0 Å². The minimum Gasteiger partial charge on any atom is -0.390 e. The van der Waals surface area contributed by atoms with Crippen molar-refractivity contribution in [1.82, 2.24) is 0 Å². The van der Waals surface area contributed by atoms with Crippen molar-refractivity contribution < 1.29 is 5.11 Å². The molecule has 0 rings (SSSR count). The van der Waals surface area contributed by atoms with Crippen molar-refractivity contribution in [3.8, 4) is 0 Å². The van der Waals surface area contributed by atoms with Gasteiger partial charge in [-0.15, -0.1) is 0 Å². The summed E-state index contributed by atoms with van der Waals surface area (Å²) in [5, 5.41) is 9.09. The summed E-state index contributed by atoms with van der Waals surface area (Å²) >= 11 is 0. The lowest BCUT2D eigenvalue weighted by atomic mass is 10.2. The number of hydrogen-bond donors (Lipinski definition) is 1. The molecule has 0 aromatic heterocycles. The second-order valence-corrected chi connectivity index (χ2v) is 2.81. The fraction of sp³-hybridized carbons (Fsp3) is 1.00. The molecular formula is C6H14O. The highest BCUT2D eigenvalue weighted by Gasteiger charge is 2.16. The molecule has 0 radical (unpaired) electrons. The van der Waals surface area contributed by atoms with E-state index in [-0.39, 0.29) is 0 Å². The van der Waals surface area contributed by atoms with E-state index in [1.54, 1.807) is 0 Å². The van der Waals surface area contributed by atoms with Crippen molar-refractivity contribution in [3.05, 3.63) is 0 Å². The Bertz CT molecular complexity index is 49.7. The van der Waals surface area contributed by atoms with E-state index in [1.165, 1.54) is 0 Å². The Labute approximate surface area is 45.4 Å². The lowest BCUT2D eigenvalue weighted by molar-refractivity contribution is 0.0327. The quantitative estimate of drug-likeness (QED) is 0.395. The maximum absolute atomic E-state index is 9.09. The summed E-state index contributed by atoms with van der Waals surface area (Å²) in [6, 6.07) is 0. The largest absolute Gasteiger partial charge is 0.390 e. The summed E-state index contributed by atoms with van der Waals surface area (Å²) in [5.41, 5.74) is -0.500. The van der Waals surface area contributed by atoms with Gasteiger partial charge in [-0.1, -0.05) is 13.8 Å². The van der Waals surface area contributed by atoms with Crippen LogP contribution in [0.1, 0.15) is 27.7 Å². The van der Waals surface area contributed by atoms with E-state index in [9.17, 15) is 0 Å². The van der Waals surface area contributed by atoms with E-state index in [0.717, 1.165) is 0 Å². The SMILES string of the molecule is CC(C)[13C](C)(C)[18OH]. The molecule has 1 N–H and O–H groups in total. The smallest absolute Gasteiger partial charge is 0.0614 e. The van der Waals surface area contributed by atoms with E-state index >= 15 is 0 Å². The molecule has 7 heavy (non-hydrogen) atoms. The molecule has 0 spiro atoms. The topological polar surface area (TPSA) is 20.2 Å². The average molecular weight is 105 g/mol. The molecule has 0 saturated carbocycles. The maximum atomic E-state index is 9.09. The molecule has 0 heterocycles. The molecule has 44 valence electrons. The van der Waals surface area contributed by atoms with Gasteiger partial charge in [0.25, 0.3) is 0 Å². The van der Waals surface area contributed by atoms with Crippen LogP contribution in [0.2, 0.25) is 0 Å². The zero-order valence-electron chi connectivity index (χ0n) is 5.52. The predicted molar refractivity (Wildman–Crippen MR) is 31.1 cm³/mol. The maximum Gasteiger partial charge on any atom is 0.0614 e.